The van der Waals surface area contributed by atoms with Crippen LogP contribution in [0.5, 0.6) is 0 Å². The zero-order valence-corrected chi connectivity index (χ0v) is 8.59. The molecule has 0 fully saturated rings. The minimum absolute atomic E-state index is 0.377. The summed E-state index contributed by atoms with van der Waals surface area (Å²) in [5.74, 6) is -0.488. The highest BCUT2D eigenvalue weighted by molar-refractivity contribution is 5.97. The summed E-state index contributed by atoms with van der Waals surface area (Å²) in [6, 6.07) is 0. The van der Waals surface area contributed by atoms with Gasteiger partial charge in [-0.2, -0.15) is 0 Å². The van der Waals surface area contributed by atoms with E-state index in [0.29, 0.717) is 11.4 Å². The second kappa shape index (κ2) is 4.54. The number of amides is 1. The minimum atomic E-state index is -0.488. The number of rotatable bonds is 1. The molecular formula is C9H17N3O. The summed E-state index contributed by atoms with van der Waals surface area (Å²) in [6.07, 6.45) is 1.77. The van der Waals surface area contributed by atoms with Crippen LogP contribution in [0.1, 0.15) is 29.9 Å². The van der Waals surface area contributed by atoms with E-state index in [1.807, 2.05) is 20.8 Å². The number of aromatic nitrogens is 1. The number of nitrogens with zero attached hydrogens (tertiary/aromatic N) is 1. The van der Waals surface area contributed by atoms with Crippen LogP contribution in [0.2, 0.25) is 0 Å². The van der Waals surface area contributed by atoms with Gasteiger partial charge >= 0.3 is 0 Å². The van der Waals surface area contributed by atoms with Gasteiger partial charge in [0.05, 0.1) is 5.69 Å². The van der Waals surface area contributed by atoms with Crippen molar-refractivity contribution in [2.45, 2.75) is 20.8 Å². The summed E-state index contributed by atoms with van der Waals surface area (Å²) in [4.78, 5) is 10.8. The molecule has 4 N–H and O–H groups in total. The molecular weight excluding hydrogens is 166 g/mol. The van der Waals surface area contributed by atoms with Crippen LogP contribution < -0.4 is 11.5 Å². The Hall–Kier alpha value is -1.45. The van der Waals surface area contributed by atoms with Crippen LogP contribution in [0.4, 0.5) is 5.69 Å². The first-order valence-electron chi connectivity index (χ1n) is 4.25. The predicted molar refractivity (Wildman–Crippen MR) is 54.4 cm³/mol. The first kappa shape index (κ1) is 11.6. The van der Waals surface area contributed by atoms with Crippen LogP contribution in [-0.4, -0.2) is 10.5 Å². The number of carbonyl (C=O) groups is 1. The highest BCUT2D eigenvalue weighted by atomic mass is 16.1. The molecule has 0 atom stereocenters. The van der Waals surface area contributed by atoms with Gasteiger partial charge in [-0.05, 0) is 12.5 Å². The van der Waals surface area contributed by atoms with Crippen molar-refractivity contribution in [3.8, 4) is 0 Å². The van der Waals surface area contributed by atoms with E-state index in [0.717, 1.165) is 5.56 Å². The normalized spacial score (nSPS) is 8.92. The first-order valence-corrected chi connectivity index (χ1v) is 4.25. The van der Waals surface area contributed by atoms with Crippen molar-refractivity contribution >= 4 is 11.6 Å². The van der Waals surface area contributed by atoms with Gasteiger partial charge in [-0.3, -0.25) is 4.79 Å². The fourth-order valence-corrected chi connectivity index (χ4v) is 1.11. The van der Waals surface area contributed by atoms with Gasteiger partial charge in [-0.1, -0.05) is 13.8 Å². The lowest BCUT2D eigenvalue weighted by atomic mass is 10.3. The maximum absolute atomic E-state index is 10.8. The van der Waals surface area contributed by atoms with Crippen LogP contribution in [0, 0.1) is 6.92 Å². The largest absolute Gasteiger partial charge is 0.397 e. The average molecular weight is 183 g/mol. The number of hydrogen-bond donors (Lipinski definition) is 2. The molecule has 1 aromatic rings. The van der Waals surface area contributed by atoms with Crippen LogP contribution in [0.25, 0.3) is 0 Å². The zero-order chi connectivity index (χ0) is 10.6. The van der Waals surface area contributed by atoms with Gasteiger partial charge in [-0.25, -0.2) is 0 Å². The molecule has 1 amide bonds. The molecule has 0 saturated heterocycles. The Labute approximate surface area is 78.5 Å². The molecule has 1 aromatic heterocycles. The van der Waals surface area contributed by atoms with Crippen molar-refractivity contribution < 1.29 is 4.79 Å². The number of nitrogens with two attached hydrogens (primary N) is 2. The van der Waals surface area contributed by atoms with Gasteiger partial charge in [0.25, 0.3) is 5.91 Å². The zero-order valence-electron chi connectivity index (χ0n) is 8.59. The first-order chi connectivity index (χ1) is 6.04. The van der Waals surface area contributed by atoms with Gasteiger partial charge in [0.2, 0.25) is 0 Å². The molecule has 4 heteroatoms. The second-order valence-electron chi connectivity index (χ2n) is 2.55. The van der Waals surface area contributed by atoms with Gasteiger partial charge in [0.1, 0.15) is 5.69 Å². The summed E-state index contributed by atoms with van der Waals surface area (Å²) in [6.45, 7) is 5.84. The van der Waals surface area contributed by atoms with Gasteiger partial charge < -0.3 is 16.0 Å². The Bertz CT molecular complexity index is 302. The summed E-state index contributed by atoms with van der Waals surface area (Å²) in [7, 11) is 1.74. The summed E-state index contributed by atoms with van der Waals surface area (Å²) in [5, 5.41) is 0. The molecule has 0 aliphatic rings. The summed E-state index contributed by atoms with van der Waals surface area (Å²) < 4.78 is 1.63. The van der Waals surface area contributed by atoms with E-state index in [-0.39, 0.29) is 0 Å². The van der Waals surface area contributed by atoms with E-state index in [2.05, 4.69) is 0 Å². The van der Waals surface area contributed by atoms with E-state index in [9.17, 15) is 4.79 Å². The topological polar surface area (TPSA) is 74.0 Å². The molecule has 1 rings (SSSR count). The van der Waals surface area contributed by atoms with Crippen LogP contribution in [0.3, 0.4) is 0 Å². The number of primary amides is 1. The molecule has 0 aliphatic heterocycles. The van der Waals surface area contributed by atoms with Crippen LogP contribution >= 0.6 is 0 Å². The smallest absolute Gasteiger partial charge is 0.267 e. The maximum atomic E-state index is 10.8. The van der Waals surface area contributed by atoms with Crippen molar-refractivity contribution in [1.82, 2.24) is 4.57 Å². The third-order valence-corrected chi connectivity index (χ3v) is 1.65. The number of carbonyl (C=O) groups excluding carboxylic acids is 1. The Kier molecular flexibility index (Phi) is 4.04. The van der Waals surface area contributed by atoms with Crippen molar-refractivity contribution in [2.24, 2.45) is 12.8 Å². The molecule has 1 heterocycles. The minimum Gasteiger partial charge on any atom is -0.397 e. The molecule has 0 aliphatic carbocycles. The van der Waals surface area contributed by atoms with Crippen molar-refractivity contribution in [3.63, 3.8) is 0 Å². The Balaban J connectivity index is 0.000000671. The van der Waals surface area contributed by atoms with Gasteiger partial charge in [0, 0.05) is 13.2 Å². The quantitative estimate of drug-likeness (QED) is 0.682. The van der Waals surface area contributed by atoms with Crippen LogP contribution in [-0.2, 0) is 7.05 Å². The third kappa shape index (κ3) is 2.24. The predicted octanol–water partition coefficient (Wildman–Crippen LogP) is 1.04. The van der Waals surface area contributed by atoms with E-state index in [1.165, 1.54) is 0 Å². The number of aryl methyl sites for hydroxylation is 2. The molecule has 0 bridgehead atoms. The molecule has 0 unspecified atom stereocenters. The molecule has 4 nitrogen and oxygen atoms in total. The van der Waals surface area contributed by atoms with E-state index in [4.69, 9.17) is 11.5 Å². The van der Waals surface area contributed by atoms with E-state index in [1.54, 1.807) is 17.8 Å². The Morgan fingerprint density at radius 3 is 2.08 bits per heavy atom. The lowest BCUT2D eigenvalue weighted by Gasteiger charge is -1.97. The molecule has 0 radical (unpaired) electrons. The standard InChI is InChI=1S/C7H11N3O.C2H6/c1-4-3-10(2)6(5(4)8)7(9)11;1-2/h3H,8H2,1-2H3,(H2,9,11);1-2H3. The summed E-state index contributed by atoms with van der Waals surface area (Å²) >= 11 is 0. The fraction of sp³-hybridized carbons (Fsp3) is 0.444. The molecule has 0 spiro atoms. The van der Waals surface area contributed by atoms with Crippen molar-refractivity contribution in [2.75, 3.05) is 5.73 Å². The van der Waals surface area contributed by atoms with E-state index < -0.39 is 5.91 Å². The molecule has 74 valence electrons. The number of hydrogen-bond acceptors (Lipinski definition) is 2. The summed E-state index contributed by atoms with van der Waals surface area (Å²) in [5.41, 5.74) is 12.4. The number of anilines is 1. The lowest BCUT2D eigenvalue weighted by Crippen LogP contribution is -2.16. The fourth-order valence-electron chi connectivity index (χ4n) is 1.11. The lowest BCUT2D eigenvalue weighted by molar-refractivity contribution is 0.0993. The maximum Gasteiger partial charge on any atom is 0.267 e. The van der Waals surface area contributed by atoms with Gasteiger partial charge in [0.15, 0.2) is 0 Å². The SMILES string of the molecule is CC.Cc1cn(C)c(C(N)=O)c1N. The highest BCUT2D eigenvalue weighted by Crippen LogP contribution is 2.16. The molecule has 13 heavy (non-hydrogen) atoms. The van der Waals surface area contributed by atoms with Gasteiger partial charge in [-0.15, -0.1) is 0 Å². The average Bonchev–Trinajstić information content (AvgIpc) is 2.30. The Morgan fingerprint density at radius 1 is 1.46 bits per heavy atom. The second-order valence-corrected chi connectivity index (χ2v) is 2.55. The number of nitrogen functional groups attached to an aromatic ring is 1. The van der Waals surface area contributed by atoms with Crippen molar-refractivity contribution in [3.05, 3.63) is 17.5 Å². The Morgan fingerprint density at radius 2 is 1.92 bits per heavy atom. The van der Waals surface area contributed by atoms with E-state index >= 15 is 0 Å². The molecule has 0 saturated carbocycles. The third-order valence-electron chi connectivity index (χ3n) is 1.65. The monoisotopic (exact) mass is 183 g/mol. The van der Waals surface area contributed by atoms with Crippen molar-refractivity contribution in [1.29, 1.82) is 0 Å². The molecule has 0 aromatic carbocycles. The van der Waals surface area contributed by atoms with Crippen LogP contribution in [0.15, 0.2) is 6.20 Å². The highest BCUT2D eigenvalue weighted by Gasteiger charge is 2.12.